The highest BCUT2D eigenvalue weighted by molar-refractivity contribution is 9.10. The van der Waals surface area contributed by atoms with E-state index in [1.165, 1.54) is 5.69 Å². The molecule has 0 N–H and O–H groups in total. The number of nitrogens with zero attached hydrogens (tertiary/aromatic N) is 1. The predicted octanol–water partition coefficient (Wildman–Crippen LogP) is 3.98. The topological polar surface area (TPSA) is 20.3 Å². The summed E-state index contributed by atoms with van der Waals surface area (Å²) >= 11 is 5.51. The molecule has 1 aromatic carbocycles. The van der Waals surface area contributed by atoms with Crippen LogP contribution in [0, 0.1) is 0 Å². The van der Waals surface area contributed by atoms with E-state index in [1.807, 2.05) is 23.9 Å². The number of halogens is 1. The Kier molecular flexibility index (Phi) is 4.07. The van der Waals surface area contributed by atoms with Crippen molar-refractivity contribution in [1.82, 2.24) is 0 Å². The Balaban J connectivity index is 2.24. The van der Waals surface area contributed by atoms with E-state index in [0.29, 0.717) is 4.75 Å². The number of thioether (sulfide) groups is 1. The van der Waals surface area contributed by atoms with Crippen LogP contribution in [0.2, 0.25) is 0 Å². The van der Waals surface area contributed by atoms with Crippen molar-refractivity contribution in [2.24, 2.45) is 0 Å². The van der Waals surface area contributed by atoms with Gasteiger partial charge in [-0.25, -0.2) is 0 Å². The summed E-state index contributed by atoms with van der Waals surface area (Å²) in [5.74, 6) is 1.25. The first-order chi connectivity index (χ1) is 8.39. The molecule has 0 unspecified atom stereocenters. The van der Waals surface area contributed by atoms with Gasteiger partial charge in [0.05, 0.1) is 0 Å². The van der Waals surface area contributed by atoms with Crippen molar-refractivity contribution < 1.29 is 4.79 Å². The highest BCUT2D eigenvalue weighted by Crippen LogP contribution is 2.33. The van der Waals surface area contributed by atoms with Gasteiger partial charge in [0.15, 0.2) is 5.78 Å². The summed E-state index contributed by atoms with van der Waals surface area (Å²) < 4.78 is 1.19. The first-order valence-corrected chi connectivity index (χ1v) is 7.86. The second-order valence-corrected chi connectivity index (χ2v) is 7.91. The van der Waals surface area contributed by atoms with E-state index < -0.39 is 0 Å². The molecule has 0 atom stereocenters. The van der Waals surface area contributed by atoms with Gasteiger partial charge in [-0.15, -0.1) is 0 Å². The summed E-state index contributed by atoms with van der Waals surface area (Å²) in [5, 5.41) is 0. The summed E-state index contributed by atoms with van der Waals surface area (Å²) in [6.07, 6.45) is 0. The summed E-state index contributed by atoms with van der Waals surface area (Å²) in [4.78, 5) is 13.8. The highest BCUT2D eigenvalue weighted by atomic mass is 79.9. The number of Topliss-reactive ketones (excluding diaryl/α,β-unsaturated/α-hetero) is 1. The van der Waals surface area contributed by atoms with Crippen molar-refractivity contribution in [3.63, 3.8) is 0 Å². The van der Waals surface area contributed by atoms with Crippen molar-refractivity contribution in [3.8, 4) is 0 Å². The Labute approximate surface area is 121 Å². The van der Waals surface area contributed by atoms with Crippen LogP contribution in [0.3, 0.4) is 0 Å². The summed E-state index contributed by atoms with van der Waals surface area (Å²) in [7, 11) is 0. The van der Waals surface area contributed by atoms with Gasteiger partial charge in [0.1, 0.15) is 0 Å². The number of anilines is 1. The largest absolute Gasteiger partial charge is 0.369 e. The van der Waals surface area contributed by atoms with Crippen LogP contribution in [-0.4, -0.2) is 29.4 Å². The summed E-state index contributed by atoms with van der Waals surface area (Å²) in [5.41, 5.74) is 1.95. The second-order valence-electron chi connectivity index (χ2n) is 5.25. The quantitative estimate of drug-likeness (QED) is 0.766. The first-order valence-electron chi connectivity index (χ1n) is 6.08. The number of ketones is 1. The lowest BCUT2D eigenvalue weighted by Gasteiger charge is -2.39. The molecule has 1 aliphatic rings. The van der Waals surface area contributed by atoms with Crippen molar-refractivity contribution in [2.45, 2.75) is 25.5 Å². The van der Waals surface area contributed by atoms with E-state index in [0.717, 1.165) is 28.9 Å². The number of hydrogen-bond acceptors (Lipinski definition) is 3. The normalized spacial score (nSPS) is 18.8. The van der Waals surface area contributed by atoms with Crippen molar-refractivity contribution >= 4 is 39.2 Å². The summed E-state index contributed by atoms with van der Waals surface area (Å²) in [6, 6.07) is 6.02. The monoisotopic (exact) mass is 327 g/mol. The molecule has 1 aromatic rings. The molecule has 1 heterocycles. The first kappa shape index (κ1) is 13.9. The zero-order valence-corrected chi connectivity index (χ0v) is 13.4. The molecule has 1 aliphatic heterocycles. The average molecular weight is 328 g/mol. The molecule has 0 aliphatic carbocycles. The van der Waals surface area contributed by atoms with E-state index in [-0.39, 0.29) is 5.78 Å². The summed E-state index contributed by atoms with van der Waals surface area (Å²) in [6.45, 7) is 8.27. The third-order valence-corrected chi connectivity index (χ3v) is 5.08. The van der Waals surface area contributed by atoms with Gasteiger partial charge in [0.25, 0.3) is 0 Å². The fourth-order valence-corrected chi connectivity index (χ4v) is 3.98. The van der Waals surface area contributed by atoms with E-state index in [2.05, 4.69) is 40.7 Å². The minimum absolute atomic E-state index is 0.1000. The minimum atomic E-state index is 0.1000. The molecule has 4 heteroatoms. The van der Waals surface area contributed by atoms with Gasteiger partial charge in [0.2, 0.25) is 0 Å². The number of benzene rings is 1. The van der Waals surface area contributed by atoms with E-state index >= 15 is 0 Å². The molecule has 0 saturated carbocycles. The molecule has 1 fully saturated rings. The van der Waals surface area contributed by atoms with E-state index in [4.69, 9.17) is 0 Å². The van der Waals surface area contributed by atoms with Crippen LogP contribution in [0.25, 0.3) is 0 Å². The van der Waals surface area contributed by atoms with Gasteiger partial charge in [-0.05, 0) is 54.9 Å². The van der Waals surface area contributed by atoms with Crippen LogP contribution in [0.4, 0.5) is 5.69 Å². The van der Waals surface area contributed by atoms with Crippen LogP contribution >= 0.6 is 27.7 Å². The molecule has 98 valence electrons. The van der Waals surface area contributed by atoms with Gasteiger partial charge < -0.3 is 4.90 Å². The zero-order chi connectivity index (χ0) is 13.3. The Morgan fingerprint density at radius 1 is 1.44 bits per heavy atom. The van der Waals surface area contributed by atoms with Crippen LogP contribution in [0.1, 0.15) is 31.1 Å². The molecular weight excluding hydrogens is 310 g/mol. The molecular formula is C14H18BrNOS. The molecule has 0 spiro atoms. The van der Waals surface area contributed by atoms with E-state index in [9.17, 15) is 4.79 Å². The Hall–Kier alpha value is -0.480. The smallest absolute Gasteiger partial charge is 0.160 e. The highest BCUT2D eigenvalue weighted by Gasteiger charge is 2.27. The predicted molar refractivity (Wildman–Crippen MR) is 82.9 cm³/mol. The second kappa shape index (κ2) is 5.25. The SMILES string of the molecule is CC(=O)c1ccc(N2CCSC(C)(C)C2)cc1Br. The average Bonchev–Trinajstić information content (AvgIpc) is 2.27. The van der Waals surface area contributed by atoms with Gasteiger partial charge >= 0.3 is 0 Å². The fourth-order valence-electron chi connectivity index (χ4n) is 2.22. The molecule has 0 radical (unpaired) electrons. The lowest BCUT2D eigenvalue weighted by Crippen LogP contribution is -2.43. The maximum absolute atomic E-state index is 11.4. The van der Waals surface area contributed by atoms with Crippen LogP contribution in [0.5, 0.6) is 0 Å². The lowest BCUT2D eigenvalue weighted by molar-refractivity contribution is 0.101. The maximum Gasteiger partial charge on any atom is 0.160 e. The van der Waals surface area contributed by atoms with Crippen molar-refractivity contribution in [3.05, 3.63) is 28.2 Å². The molecule has 0 bridgehead atoms. The fraction of sp³-hybridized carbons (Fsp3) is 0.500. The van der Waals surface area contributed by atoms with Crippen LogP contribution in [-0.2, 0) is 0 Å². The molecule has 0 aromatic heterocycles. The van der Waals surface area contributed by atoms with E-state index in [1.54, 1.807) is 6.92 Å². The number of carbonyl (C=O) groups is 1. The number of rotatable bonds is 2. The van der Waals surface area contributed by atoms with Crippen molar-refractivity contribution in [2.75, 3.05) is 23.7 Å². The van der Waals surface area contributed by atoms with Gasteiger partial charge in [-0.1, -0.05) is 0 Å². The molecule has 18 heavy (non-hydrogen) atoms. The van der Waals surface area contributed by atoms with Crippen LogP contribution < -0.4 is 4.90 Å². The maximum atomic E-state index is 11.4. The number of hydrogen-bond donors (Lipinski definition) is 0. The van der Waals surface area contributed by atoms with Gasteiger partial charge in [-0.3, -0.25) is 4.79 Å². The minimum Gasteiger partial charge on any atom is -0.369 e. The lowest BCUT2D eigenvalue weighted by atomic mass is 10.1. The van der Waals surface area contributed by atoms with Crippen molar-refractivity contribution in [1.29, 1.82) is 0 Å². The molecule has 0 amide bonds. The Morgan fingerprint density at radius 3 is 2.72 bits per heavy atom. The third kappa shape index (κ3) is 3.09. The Morgan fingerprint density at radius 2 is 2.17 bits per heavy atom. The Bertz CT molecular complexity index is 473. The molecule has 1 saturated heterocycles. The third-order valence-electron chi connectivity index (χ3n) is 3.12. The molecule has 2 rings (SSSR count). The molecule has 2 nitrogen and oxygen atoms in total. The van der Waals surface area contributed by atoms with Crippen LogP contribution in [0.15, 0.2) is 22.7 Å². The standard InChI is InChI=1S/C14H18BrNOS/c1-10(17)12-5-4-11(8-13(12)15)16-6-7-18-14(2,3)9-16/h4-5,8H,6-7,9H2,1-3H3. The van der Waals surface area contributed by atoms with Gasteiger partial charge in [-0.2, -0.15) is 11.8 Å². The zero-order valence-electron chi connectivity index (χ0n) is 11.0. The van der Waals surface area contributed by atoms with Gasteiger partial charge in [0, 0.05) is 39.3 Å². The number of carbonyl (C=O) groups excluding carboxylic acids is 1.